The summed E-state index contributed by atoms with van der Waals surface area (Å²) in [4.78, 5) is 25.8. The first-order valence-corrected chi connectivity index (χ1v) is 11.0. The van der Waals surface area contributed by atoms with E-state index < -0.39 is 5.91 Å². The second-order valence-corrected chi connectivity index (χ2v) is 7.57. The van der Waals surface area contributed by atoms with Crippen molar-refractivity contribution in [1.82, 2.24) is 0 Å². The third kappa shape index (κ3) is 5.41. The smallest absolute Gasteiger partial charge is 0.293 e. The Morgan fingerprint density at radius 2 is 1.61 bits per heavy atom. The molecule has 0 saturated heterocycles. The minimum absolute atomic E-state index is 0.0545. The molecule has 168 valence electrons. The number of furan rings is 1. The van der Waals surface area contributed by atoms with Crippen LogP contribution in [0.15, 0.2) is 83.3 Å². The monoisotopic (exact) mass is 442 g/mol. The van der Waals surface area contributed by atoms with E-state index in [4.69, 9.17) is 9.15 Å². The van der Waals surface area contributed by atoms with Gasteiger partial charge in [-0.3, -0.25) is 9.59 Å². The number of nitrogens with one attached hydrogen (secondary N) is 2. The fraction of sp³-hybridized carbons (Fsp3) is 0.185. The maximum Gasteiger partial charge on any atom is 0.293 e. The molecule has 0 unspecified atom stereocenters. The van der Waals surface area contributed by atoms with Crippen molar-refractivity contribution in [2.75, 3.05) is 17.2 Å². The molecule has 0 saturated carbocycles. The van der Waals surface area contributed by atoms with Crippen LogP contribution in [0, 0.1) is 0 Å². The van der Waals surface area contributed by atoms with E-state index in [9.17, 15) is 9.59 Å². The largest absolute Gasteiger partial charge is 0.492 e. The molecule has 3 aromatic carbocycles. The second kappa shape index (κ2) is 10.5. The maximum absolute atomic E-state index is 13.1. The first kappa shape index (κ1) is 22.1. The van der Waals surface area contributed by atoms with Crippen molar-refractivity contribution in [3.05, 3.63) is 90.2 Å². The highest BCUT2D eigenvalue weighted by molar-refractivity contribution is 6.14. The Morgan fingerprint density at radius 3 is 2.42 bits per heavy atom. The van der Waals surface area contributed by atoms with Gasteiger partial charge in [-0.25, -0.2) is 0 Å². The Labute approximate surface area is 192 Å². The molecule has 2 amide bonds. The van der Waals surface area contributed by atoms with Crippen LogP contribution in [0.1, 0.15) is 35.9 Å². The van der Waals surface area contributed by atoms with Crippen LogP contribution in [-0.4, -0.2) is 18.4 Å². The maximum atomic E-state index is 13.1. The molecule has 4 rings (SSSR count). The van der Waals surface area contributed by atoms with Gasteiger partial charge in [0, 0.05) is 11.8 Å². The summed E-state index contributed by atoms with van der Waals surface area (Å²) in [6.07, 6.45) is 1.85. The summed E-state index contributed by atoms with van der Waals surface area (Å²) < 4.78 is 11.4. The summed E-state index contributed by atoms with van der Waals surface area (Å²) >= 11 is 0. The van der Waals surface area contributed by atoms with Crippen molar-refractivity contribution < 1.29 is 18.7 Å². The Morgan fingerprint density at radius 1 is 0.879 bits per heavy atom. The number of anilines is 2. The van der Waals surface area contributed by atoms with Gasteiger partial charge in [0.25, 0.3) is 5.91 Å². The van der Waals surface area contributed by atoms with Crippen LogP contribution in [0.3, 0.4) is 0 Å². The minimum Gasteiger partial charge on any atom is -0.492 e. The van der Waals surface area contributed by atoms with Gasteiger partial charge in [0.1, 0.15) is 17.0 Å². The summed E-state index contributed by atoms with van der Waals surface area (Å²) in [5, 5.41) is 6.42. The van der Waals surface area contributed by atoms with Crippen LogP contribution in [0.2, 0.25) is 0 Å². The molecular weight excluding hydrogens is 416 g/mol. The molecule has 0 radical (unpaired) electrons. The minimum atomic E-state index is -0.460. The molecule has 1 aromatic heterocycles. The lowest BCUT2D eigenvalue weighted by Crippen LogP contribution is -2.17. The number of hydrogen-bond donors (Lipinski definition) is 2. The van der Waals surface area contributed by atoms with Crippen LogP contribution >= 0.6 is 0 Å². The van der Waals surface area contributed by atoms with E-state index in [2.05, 4.69) is 10.6 Å². The van der Waals surface area contributed by atoms with Crippen molar-refractivity contribution in [3.8, 4) is 5.75 Å². The van der Waals surface area contributed by atoms with Crippen LogP contribution in [0.25, 0.3) is 11.0 Å². The molecule has 0 spiro atoms. The predicted molar refractivity (Wildman–Crippen MR) is 130 cm³/mol. The van der Waals surface area contributed by atoms with Crippen LogP contribution in [-0.2, 0) is 11.2 Å². The zero-order valence-corrected chi connectivity index (χ0v) is 18.5. The van der Waals surface area contributed by atoms with Crippen molar-refractivity contribution in [3.63, 3.8) is 0 Å². The number of rotatable bonds is 9. The van der Waals surface area contributed by atoms with Gasteiger partial charge in [-0.05, 0) is 49.6 Å². The number of aryl methyl sites for hydroxylation is 1. The highest BCUT2D eigenvalue weighted by Gasteiger charge is 2.23. The van der Waals surface area contributed by atoms with Gasteiger partial charge in [0.05, 0.1) is 12.3 Å². The lowest BCUT2D eigenvalue weighted by Gasteiger charge is -2.11. The quantitative estimate of drug-likeness (QED) is 0.331. The van der Waals surface area contributed by atoms with E-state index in [0.29, 0.717) is 47.5 Å². The molecule has 0 aliphatic heterocycles. The lowest BCUT2D eigenvalue weighted by atomic mass is 10.1. The molecule has 33 heavy (non-hydrogen) atoms. The Kier molecular flexibility index (Phi) is 7.05. The van der Waals surface area contributed by atoms with Crippen molar-refractivity contribution in [1.29, 1.82) is 0 Å². The molecule has 0 aliphatic rings. The number of amides is 2. The highest BCUT2D eigenvalue weighted by Crippen LogP contribution is 2.33. The fourth-order valence-corrected chi connectivity index (χ4v) is 3.66. The summed E-state index contributed by atoms with van der Waals surface area (Å²) in [5.41, 5.74) is 2.62. The number of hydrogen-bond acceptors (Lipinski definition) is 4. The topological polar surface area (TPSA) is 80.6 Å². The van der Waals surface area contributed by atoms with Gasteiger partial charge in [-0.2, -0.15) is 0 Å². The van der Waals surface area contributed by atoms with Crippen molar-refractivity contribution in [2.45, 2.75) is 26.2 Å². The molecule has 0 atom stereocenters. The number of fused-ring (bicyclic) bond motifs is 1. The Bertz CT molecular complexity index is 1250. The molecule has 0 bridgehead atoms. The van der Waals surface area contributed by atoms with E-state index in [-0.39, 0.29) is 11.7 Å². The van der Waals surface area contributed by atoms with Crippen molar-refractivity contribution >= 4 is 34.2 Å². The van der Waals surface area contributed by atoms with Gasteiger partial charge in [0.15, 0.2) is 0 Å². The molecule has 0 aliphatic carbocycles. The van der Waals surface area contributed by atoms with E-state index in [1.165, 1.54) is 5.56 Å². The molecule has 6 heteroatoms. The summed E-state index contributed by atoms with van der Waals surface area (Å²) in [6, 6.07) is 24.5. The SMILES string of the molecule is CCOc1ccccc1NC(=O)c1oc2ccccc2c1NC(=O)CCCc1ccccc1. The molecular formula is C27H26N2O4. The first-order chi connectivity index (χ1) is 16.2. The molecule has 2 N–H and O–H groups in total. The summed E-state index contributed by atoms with van der Waals surface area (Å²) in [6.45, 7) is 2.35. The van der Waals surface area contributed by atoms with Crippen LogP contribution < -0.4 is 15.4 Å². The number of carbonyl (C=O) groups is 2. The van der Waals surface area contributed by atoms with Crippen molar-refractivity contribution in [2.24, 2.45) is 0 Å². The van der Waals surface area contributed by atoms with E-state index in [1.807, 2.05) is 67.6 Å². The lowest BCUT2D eigenvalue weighted by molar-refractivity contribution is -0.116. The highest BCUT2D eigenvalue weighted by atomic mass is 16.5. The van der Waals surface area contributed by atoms with Gasteiger partial charge < -0.3 is 19.8 Å². The molecule has 1 heterocycles. The number of benzene rings is 3. The van der Waals surface area contributed by atoms with Gasteiger partial charge >= 0.3 is 0 Å². The first-order valence-electron chi connectivity index (χ1n) is 11.0. The molecule has 6 nitrogen and oxygen atoms in total. The zero-order valence-electron chi connectivity index (χ0n) is 18.5. The second-order valence-electron chi connectivity index (χ2n) is 7.57. The number of para-hydroxylation sites is 3. The Balaban J connectivity index is 1.52. The summed E-state index contributed by atoms with van der Waals surface area (Å²) in [5.74, 6) is -0.00550. The van der Waals surface area contributed by atoms with E-state index in [0.717, 1.165) is 6.42 Å². The molecule has 4 aromatic rings. The van der Waals surface area contributed by atoms with Crippen LogP contribution in [0.5, 0.6) is 5.75 Å². The zero-order chi connectivity index (χ0) is 23.0. The Hall–Kier alpha value is -4.06. The standard InChI is InChI=1S/C27H26N2O4/c1-2-32-23-17-9-7-15-21(23)28-27(31)26-25(20-14-6-8-16-22(20)33-26)29-24(30)18-10-13-19-11-4-3-5-12-19/h3-9,11-12,14-17H,2,10,13,18H2,1H3,(H,28,31)(H,29,30). The average molecular weight is 443 g/mol. The van der Waals surface area contributed by atoms with Gasteiger partial charge in [0.2, 0.25) is 11.7 Å². The predicted octanol–water partition coefficient (Wildman–Crippen LogP) is 6.05. The van der Waals surface area contributed by atoms with Gasteiger partial charge in [-0.15, -0.1) is 0 Å². The fourth-order valence-electron chi connectivity index (χ4n) is 3.66. The third-order valence-electron chi connectivity index (χ3n) is 5.21. The average Bonchev–Trinajstić information content (AvgIpc) is 3.20. The number of ether oxygens (including phenoxy) is 1. The molecule has 0 fully saturated rings. The summed E-state index contributed by atoms with van der Waals surface area (Å²) in [7, 11) is 0. The normalized spacial score (nSPS) is 10.7. The van der Waals surface area contributed by atoms with Gasteiger partial charge in [-0.1, -0.05) is 54.6 Å². The number of carbonyl (C=O) groups excluding carboxylic acids is 2. The van der Waals surface area contributed by atoms with E-state index in [1.54, 1.807) is 18.2 Å². The third-order valence-corrected chi connectivity index (χ3v) is 5.21. The van der Waals surface area contributed by atoms with E-state index >= 15 is 0 Å². The van der Waals surface area contributed by atoms with Crippen LogP contribution in [0.4, 0.5) is 11.4 Å².